The molecule has 0 spiro atoms. The second-order valence-corrected chi connectivity index (χ2v) is 5.70. The second-order valence-electron chi connectivity index (χ2n) is 4.84. The first-order valence-corrected chi connectivity index (χ1v) is 7.55. The molecule has 3 nitrogen and oxygen atoms in total. The molecule has 2 aromatic rings. The summed E-state index contributed by atoms with van der Waals surface area (Å²) in [4.78, 5) is 0. The van der Waals surface area contributed by atoms with Crippen LogP contribution < -0.4 is 9.47 Å². The minimum atomic E-state index is -0.457. The van der Waals surface area contributed by atoms with E-state index in [2.05, 4.69) is 15.9 Å². The monoisotopic (exact) mass is 350 g/mol. The molecule has 0 saturated heterocycles. The van der Waals surface area contributed by atoms with Crippen molar-refractivity contribution in [2.24, 2.45) is 0 Å². The van der Waals surface area contributed by atoms with Crippen molar-refractivity contribution >= 4 is 15.9 Å². The molecule has 21 heavy (non-hydrogen) atoms. The SMILES string of the molecule is COc1ccc(CC(O)Cc2ccccc2OC)cc1Br. The highest BCUT2D eigenvalue weighted by Gasteiger charge is 2.11. The first kappa shape index (κ1) is 15.9. The first-order chi connectivity index (χ1) is 10.1. The van der Waals surface area contributed by atoms with E-state index in [-0.39, 0.29) is 0 Å². The molecule has 0 aromatic heterocycles. The summed E-state index contributed by atoms with van der Waals surface area (Å²) in [5.74, 6) is 1.60. The van der Waals surface area contributed by atoms with E-state index in [1.165, 1.54) is 0 Å². The summed E-state index contributed by atoms with van der Waals surface area (Å²) in [6.07, 6.45) is 0.690. The third-order valence-corrected chi connectivity index (χ3v) is 3.96. The van der Waals surface area contributed by atoms with E-state index in [1.807, 2.05) is 42.5 Å². The number of halogens is 1. The van der Waals surface area contributed by atoms with Crippen molar-refractivity contribution in [2.75, 3.05) is 14.2 Å². The highest BCUT2D eigenvalue weighted by Crippen LogP contribution is 2.26. The van der Waals surface area contributed by atoms with E-state index in [0.717, 1.165) is 27.1 Å². The van der Waals surface area contributed by atoms with Gasteiger partial charge in [0.1, 0.15) is 11.5 Å². The molecule has 2 rings (SSSR count). The Morgan fingerprint density at radius 1 is 1.00 bits per heavy atom. The first-order valence-electron chi connectivity index (χ1n) is 6.76. The van der Waals surface area contributed by atoms with Crippen molar-refractivity contribution in [2.45, 2.75) is 18.9 Å². The molecule has 1 unspecified atom stereocenters. The van der Waals surface area contributed by atoms with Crippen LogP contribution in [0.1, 0.15) is 11.1 Å². The third kappa shape index (κ3) is 4.22. The highest BCUT2D eigenvalue weighted by molar-refractivity contribution is 9.10. The predicted octanol–water partition coefficient (Wildman–Crippen LogP) is 3.61. The Bertz CT molecular complexity index is 598. The fraction of sp³-hybridized carbons (Fsp3) is 0.294. The molecule has 0 bridgehead atoms. The lowest BCUT2D eigenvalue weighted by Gasteiger charge is -2.14. The number of methoxy groups -OCH3 is 2. The van der Waals surface area contributed by atoms with Gasteiger partial charge >= 0.3 is 0 Å². The molecule has 2 aromatic carbocycles. The molecule has 1 N–H and O–H groups in total. The summed E-state index contributed by atoms with van der Waals surface area (Å²) in [5.41, 5.74) is 2.07. The minimum absolute atomic E-state index is 0.457. The van der Waals surface area contributed by atoms with E-state index in [4.69, 9.17) is 9.47 Å². The van der Waals surface area contributed by atoms with Crippen LogP contribution in [0.2, 0.25) is 0 Å². The van der Waals surface area contributed by atoms with Gasteiger partial charge in [-0.05, 0) is 51.7 Å². The van der Waals surface area contributed by atoms with Gasteiger partial charge in [-0.25, -0.2) is 0 Å². The average molecular weight is 351 g/mol. The number of aliphatic hydroxyl groups is 1. The zero-order valence-corrected chi connectivity index (χ0v) is 13.8. The molecule has 0 aliphatic carbocycles. The molecule has 0 saturated carbocycles. The van der Waals surface area contributed by atoms with Crippen LogP contribution in [-0.4, -0.2) is 25.4 Å². The van der Waals surface area contributed by atoms with Crippen molar-refractivity contribution < 1.29 is 14.6 Å². The summed E-state index contributed by atoms with van der Waals surface area (Å²) in [6.45, 7) is 0. The Kier molecular flexibility index (Phi) is 5.65. The number of rotatable bonds is 6. The molecule has 1 atom stereocenters. The van der Waals surface area contributed by atoms with Crippen molar-refractivity contribution in [1.29, 1.82) is 0 Å². The Balaban J connectivity index is 2.04. The normalized spacial score (nSPS) is 12.0. The Hall–Kier alpha value is -1.52. The summed E-state index contributed by atoms with van der Waals surface area (Å²) >= 11 is 3.46. The summed E-state index contributed by atoms with van der Waals surface area (Å²) in [7, 11) is 3.28. The number of hydrogen-bond donors (Lipinski definition) is 1. The minimum Gasteiger partial charge on any atom is -0.496 e. The predicted molar refractivity (Wildman–Crippen MR) is 87.1 cm³/mol. The van der Waals surface area contributed by atoms with E-state index < -0.39 is 6.10 Å². The molecule has 0 aliphatic rings. The van der Waals surface area contributed by atoms with Crippen LogP contribution in [-0.2, 0) is 12.8 Å². The number of hydrogen-bond acceptors (Lipinski definition) is 3. The maximum Gasteiger partial charge on any atom is 0.133 e. The molecule has 0 radical (unpaired) electrons. The van der Waals surface area contributed by atoms with Crippen LogP contribution in [0, 0.1) is 0 Å². The summed E-state index contributed by atoms with van der Waals surface area (Å²) in [5, 5.41) is 10.3. The largest absolute Gasteiger partial charge is 0.496 e. The number of para-hydroxylation sites is 1. The van der Waals surface area contributed by atoms with E-state index in [1.54, 1.807) is 14.2 Å². The lowest BCUT2D eigenvalue weighted by atomic mass is 10.0. The standard InChI is InChI=1S/C17H19BrO3/c1-20-16-6-4-3-5-13(16)11-14(19)9-12-7-8-17(21-2)15(18)10-12/h3-8,10,14,19H,9,11H2,1-2H3. The quantitative estimate of drug-likeness (QED) is 0.864. The van der Waals surface area contributed by atoms with Crippen molar-refractivity contribution in [3.63, 3.8) is 0 Å². The van der Waals surface area contributed by atoms with Gasteiger partial charge in [-0.15, -0.1) is 0 Å². The topological polar surface area (TPSA) is 38.7 Å². The number of aliphatic hydroxyl groups excluding tert-OH is 1. The van der Waals surface area contributed by atoms with Crippen LogP contribution in [0.25, 0.3) is 0 Å². The maximum atomic E-state index is 10.3. The van der Waals surface area contributed by atoms with Gasteiger partial charge in [0.05, 0.1) is 24.8 Å². The maximum absolute atomic E-state index is 10.3. The van der Waals surface area contributed by atoms with Gasteiger partial charge in [-0.3, -0.25) is 0 Å². The molecule has 0 heterocycles. The van der Waals surface area contributed by atoms with Crippen molar-refractivity contribution in [3.05, 3.63) is 58.1 Å². The highest BCUT2D eigenvalue weighted by atomic mass is 79.9. The van der Waals surface area contributed by atoms with Crippen LogP contribution in [0.3, 0.4) is 0 Å². The Labute approximate surface area is 133 Å². The zero-order chi connectivity index (χ0) is 15.2. The van der Waals surface area contributed by atoms with Crippen LogP contribution in [0.5, 0.6) is 11.5 Å². The van der Waals surface area contributed by atoms with Crippen LogP contribution in [0.4, 0.5) is 0 Å². The molecule has 0 fully saturated rings. The van der Waals surface area contributed by atoms with E-state index in [0.29, 0.717) is 12.8 Å². The third-order valence-electron chi connectivity index (χ3n) is 3.34. The van der Waals surface area contributed by atoms with Gasteiger partial charge in [0.15, 0.2) is 0 Å². The smallest absolute Gasteiger partial charge is 0.133 e. The Morgan fingerprint density at radius 3 is 2.38 bits per heavy atom. The summed E-state index contributed by atoms with van der Waals surface area (Å²) in [6, 6.07) is 13.6. The van der Waals surface area contributed by atoms with Crippen molar-refractivity contribution in [3.8, 4) is 11.5 Å². The fourth-order valence-corrected chi connectivity index (χ4v) is 2.89. The molecule has 4 heteroatoms. The van der Waals surface area contributed by atoms with E-state index in [9.17, 15) is 5.11 Å². The lowest BCUT2D eigenvalue weighted by molar-refractivity contribution is 0.174. The lowest BCUT2D eigenvalue weighted by Crippen LogP contribution is -2.14. The second kappa shape index (κ2) is 7.48. The molecular weight excluding hydrogens is 332 g/mol. The molecular formula is C17H19BrO3. The van der Waals surface area contributed by atoms with Crippen molar-refractivity contribution in [1.82, 2.24) is 0 Å². The molecule has 0 aliphatic heterocycles. The van der Waals surface area contributed by atoms with Gasteiger partial charge in [0.25, 0.3) is 0 Å². The molecule has 112 valence electrons. The number of benzene rings is 2. The van der Waals surface area contributed by atoms with Crippen LogP contribution >= 0.6 is 15.9 Å². The summed E-state index contributed by atoms with van der Waals surface area (Å²) < 4.78 is 11.4. The van der Waals surface area contributed by atoms with Gasteiger partial charge in [0.2, 0.25) is 0 Å². The van der Waals surface area contributed by atoms with Gasteiger partial charge in [-0.2, -0.15) is 0 Å². The van der Waals surface area contributed by atoms with Gasteiger partial charge in [0, 0.05) is 6.42 Å². The van der Waals surface area contributed by atoms with Gasteiger partial charge in [-0.1, -0.05) is 24.3 Å². The van der Waals surface area contributed by atoms with E-state index >= 15 is 0 Å². The average Bonchev–Trinajstić information content (AvgIpc) is 2.48. The molecule has 0 amide bonds. The zero-order valence-electron chi connectivity index (χ0n) is 12.2. The van der Waals surface area contributed by atoms with Crippen LogP contribution in [0.15, 0.2) is 46.9 Å². The van der Waals surface area contributed by atoms with Gasteiger partial charge < -0.3 is 14.6 Å². The fourth-order valence-electron chi connectivity index (χ4n) is 2.31. The Morgan fingerprint density at radius 2 is 1.71 bits per heavy atom. The number of ether oxygens (including phenoxy) is 2.